The molecule has 0 aliphatic heterocycles. The van der Waals surface area contributed by atoms with Gasteiger partial charge in [0.25, 0.3) is 5.92 Å². The molecule has 158 valence electrons. The molecule has 0 amide bonds. The first-order valence-corrected chi connectivity index (χ1v) is 9.22. The molecule has 4 nitrogen and oxygen atoms in total. The average Bonchev–Trinajstić information content (AvgIpc) is 3.26. The highest BCUT2D eigenvalue weighted by Gasteiger charge is 2.45. The fraction of sp³-hybridized carbons (Fsp3) is 0.136. The van der Waals surface area contributed by atoms with Crippen molar-refractivity contribution in [1.82, 2.24) is 19.7 Å². The van der Waals surface area contributed by atoms with Gasteiger partial charge in [-0.1, -0.05) is 24.3 Å². The number of hydrogen-bond donors (Lipinski definition) is 0. The number of halogens is 5. The number of benzene rings is 2. The SMILES string of the molecule is Fc1ccc(-c2ccc(C(F)(F)C(Cn3cncn3)c3ccc(F)cc3F)nc2)cc1. The maximum Gasteiger partial charge on any atom is 0.298 e. The minimum absolute atomic E-state index is 0.369. The largest absolute Gasteiger partial charge is 0.298 e. The number of pyridine rings is 1. The Morgan fingerprint density at radius 1 is 0.871 bits per heavy atom. The van der Waals surface area contributed by atoms with E-state index in [0.717, 1.165) is 22.9 Å². The molecule has 0 aliphatic carbocycles. The second-order valence-corrected chi connectivity index (χ2v) is 6.90. The van der Waals surface area contributed by atoms with Crippen molar-refractivity contribution < 1.29 is 22.0 Å². The maximum atomic E-state index is 15.5. The molecule has 0 radical (unpaired) electrons. The summed E-state index contributed by atoms with van der Waals surface area (Å²) in [4.78, 5) is 7.61. The van der Waals surface area contributed by atoms with E-state index < -0.39 is 41.5 Å². The summed E-state index contributed by atoms with van der Waals surface area (Å²) < 4.78 is 73.1. The van der Waals surface area contributed by atoms with E-state index in [1.807, 2.05) is 0 Å². The van der Waals surface area contributed by atoms with Crippen LogP contribution in [0.1, 0.15) is 17.2 Å². The molecule has 4 rings (SSSR count). The maximum absolute atomic E-state index is 15.5. The van der Waals surface area contributed by atoms with Crippen molar-refractivity contribution in [3.8, 4) is 11.1 Å². The normalized spacial score (nSPS) is 12.7. The van der Waals surface area contributed by atoms with Gasteiger partial charge in [-0.2, -0.15) is 13.9 Å². The Morgan fingerprint density at radius 3 is 2.19 bits per heavy atom. The lowest BCUT2D eigenvalue weighted by Gasteiger charge is -2.27. The van der Waals surface area contributed by atoms with Crippen molar-refractivity contribution >= 4 is 0 Å². The molecule has 0 aliphatic rings. The predicted octanol–water partition coefficient (Wildman–Crippen LogP) is 5.33. The first-order valence-electron chi connectivity index (χ1n) is 9.22. The highest BCUT2D eigenvalue weighted by atomic mass is 19.3. The molecule has 2 heterocycles. The number of nitrogens with zero attached hydrogens (tertiary/aromatic N) is 4. The van der Waals surface area contributed by atoms with Crippen LogP contribution >= 0.6 is 0 Å². The fourth-order valence-corrected chi connectivity index (χ4v) is 3.29. The lowest BCUT2D eigenvalue weighted by molar-refractivity contribution is -0.0454. The van der Waals surface area contributed by atoms with Crippen molar-refractivity contribution in [2.24, 2.45) is 0 Å². The molecule has 0 N–H and O–H groups in total. The summed E-state index contributed by atoms with van der Waals surface area (Å²) >= 11 is 0. The van der Waals surface area contributed by atoms with E-state index >= 15 is 8.78 Å². The van der Waals surface area contributed by atoms with Gasteiger partial charge in [0, 0.05) is 17.8 Å². The molecule has 0 spiro atoms. The summed E-state index contributed by atoms with van der Waals surface area (Å²) in [5, 5.41) is 3.82. The summed E-state index contributed by atoms with van der Waals surface area (Å²) in [5.74, 6) is -7.72. The minimum Gasteiger partial charge on any atom is -0.254 e. The summed E-state index contributed by atoms with van der Waals surface area (Å²) in [6.45, 7) is -0.406. The number of alkyl halides is 2. The highest BCUT2D eigenvalue weighted by Crippen LogP contribution is 2.43. The van der Waals surface area contributed by atoms with Crippen molar-refractivity contribution in [1.29, 1.82) is 0 Å². The molecule has 1 unspecified atom stereocenters. The molecular weight excluding hydrogens is 415 g/mol. The first kappa shape index (κ1) is 20.6. The molecule has 0 bridgehead atoms. The van der Waals surface area contributed by atoms with Crippen LogP contribution < -0.4 is 0 Å². The van der Waals surface area contributed by atoms with Crippen molar-refractivity contribution in [3.05, 3.63) is 102 Å². The molecule has 31 heavy (non-hydrogen) atoms. The standard InChI is InChI=1S/C22H15F5N4/c23-16-4-1-14(2-5-16)15-3-8-21(29-10-15)22(26,27)19(11-31-13-28-12-30-31)18-7-6-17(24)9-20(18)25/h1-10,12-13,19H,11H2. The van der Waals surface area contributed by atoms with Gasteiger partial charge in [-0.15, -0.1) is 0 Å². The Balaban J connectivity index is 1.71. The zero-order valence-corrected chi connectivity index (χ0v) is 15.9. The van der Waals surface area contributed by atoms with Gasteiger partial charge in [0.2, 0.25) is 0 Å². The number of rotatable bonds is 6. The van der Waals surface area contributed by atoms with E-state index in [4.69, 9.17) is 0 Å². The van der Waals surface area contributed by atoms with Crippen LogP contribution in [-0.2, 0) is 12.5 Å². The Labute approximate surface area is 174 Å². The summed E-state index contributed by atoms with van der Waals surface area (Å²) in [7, 11) is 0. The van der Waals surface area contributed by atoms with Crippen molar-refractivity contribution in [2.45, 2.75) is 18.4 Å². The van der Waals surface area contributed by atoms with Crippen LogP contribution in [0.3, 0.4) is 0 Å². The van der Waals surface area contributed by atoms with E-state index in [1.165, 1.54) is 49.2 Å². The van der Waals surface area contributed by atoms with Crippen LogP contribution in [0.5, 0.6) is 0 Å². The molecule has 0 saturated carbocycles. The second-order valence-electron chi connectivity index (χ2n) is 6.90. The Morgan fingerprint density at radius 2 is 1.58 bits per heavy atom. The zero-order valence-electron chi connectivity index (χ0n) is 15.9. The van der Waals surface area contributed by atoms with Crippen LogP contribution in [0, 0.1) is 17.5 Å². The average molecular weight is 430 g/mol. The molecule has 0 fully saturated rings. The zero-order chi connectivity index (χ0) is 22.0. The van der Waals surface area contributed by atoms with Gasteiger partial charge < -0.3 is 0 Å². The van der Waals surface area contributed by atoms with Crippen LogP contribution in [-0.4, -0.2) is 19.7 Å². The molecular formula is C22H15F5N4. The summed E-state index contributed by atoms with van der Waals surface area (Å²) in [6.07, 6.45) is 3.64. The van der Waals surface area contributed by atoms with Gasteiger partial charge in [-0.25, -0.2) is 18.2 Å². The van der Waals surface area contributed by atoms with Gasteiger partial charge in [0.1, 0.15) is 35.8 Å². The number of aromatic nitrogens is 4. The molecule has 4 aromatic rings. The smallest absolute Gasteiger partial charge is 0.254 e. The monoisotopic (exact) mass is 430 g/mol. The Kier molecular flexibility index (Phi) is 5.50. The molecule has 2 aromatic carbocycles. The van der Waals surface area contributed by atoms with Crippen molar-refractivity contribution in [3.63, 3.8) is 0 Å². The fourth-order valence-electron chi connectivity index (χ4n) is 3.29. The lowest BCUT2D eigenvalue weighted by atomic mass is 9.89. The van der Waals surface area contributed by atoms with Crippen LogP contribution in [0.25, 0.3) is 11.1 Å². The van der Waals surface area contributed by atoms with Gasteiger partial charge in [0.05, 0.1) is 12.5 Å². The van der Waals surface area contributed by atoms with E-state index in [2.05, 4.69) is 15.1 Å². The van der Waals surface area contributed by atoms with Gasteiger partial charge in [-0.3, -0.25) is 9.67 Å². The van der Waals surface area contributed by atoms with Crippen LogP contribution in [0.15, 0.2) is 73.4 Å². The first-order chi connectivity index (χ1) is 14.8. The van der Waals surface area contributed by atoms with Gasteiger partial charge in [0.15, 0.2) is 0 Å². The lowest BCUT2D eigenvalue weighted by Crippen LogP contribution is -2.30. The summed E-state index contributed by atoms with van der Waals surface area (Å²) in [6, 6.07) is 10.6. The Hall–Kier alpha value is -3.62. The van der Waals surface area contributed by atoms with Gasteiger partial charge in [-0.05, 0) is 35.4 Å². The third kappa shape index (κ3) is 4.30. The van der Waals surface area contributed by atoms with E-state index in [9.17, 15) is 13.2 Å². The highest BCUT2D eigenvalue weighted by molar-refractivity contribution is 5.62. The second kappa shape index (κ2) is 8.25. The van der Waals surface area contributed by atoms with Crippen molar-refractivity contribution in [2.75, 3.05) is 0 Å². The Bertz CT molecular complexity index is 1160. The van der Waals surface area contributed by atoms with E-state index in [0.29, 0.717) is 17.2 Å². The summed E-state index contributed by atoms with van der Waals surface area (Å²) in [5.41, 5.74) is 0.159. The predicted molar refractivity (Wildman–Crippen MR) is 103 cm³/mol. The molecule has 2 aromatic heterocycles. The third-order valence-electron chi connectivity index (χ3n) is 4.89. The minimum atomic E-state index is -3.62. The molecule has 0 saturated heterocycles. The quantitative estimate of drug-likeness (QED) is 0.388. The topological polar surface area (TPSA) is 43.6 Å². The molecule has 1 atom stereocenters. The van der Waals surface area contributed by atoms with Crippen LogP contribution in [0.4, 0.5) is 22.0 Å². The van der Waals surface area contributed by atoms with E-state index in [-0.39, 0.29) is 5.56 Å². The van der Waals surface area contributed by atoms with E-state index in [1.54, 1.807) is 0 Å². The van der Waals surface area contributed by atoms with Crippen LogP contribution in [0.2, 0.25) is 0 Å². The third-order valence-corrected chi connectivity index (χ3v) is 4.89. The number of hydrogen-bond acceptors (Lipinski definition) is 3. The van der Waals surface area contributed by atoms with Gasteiger partial charge >= 0.3 is 0 Å². The molecule has 9 heteroatoms.